The lowest BCUT2D eigenvalue weighted by molar-refractivity contribution is -0.132. The topological polar surface area (TPSA) is 80.9 Å². The van der Waals surface area contributed by atoms with Crippen LogP contribution >= 0.6 is 11.6 Å². The summed E-state index contributed by atoms with van der Waals surface area (Å²) in [6.45, 7) is -0.0908. The highest BCUT2D eigenvalue weighted by molar-refractivity contribution is 6.43. The first-order chi connectivity index (χ1) is 12.2. The van der Waals surface area contributed by atoms with E-state index in [2.05, 4.69) is 5.16 Å². The fourth-order valence-electron chi connectivity index (χ4n) is 2.01. The molecule has 0 unspecified atom stereocenters. The molecule has 7 heteroatoms. The molecule has 128 valence electrons. The molecule has 0 aliphatic carbocycles. The first kappa shape index (κ1) is 18.3. The predicted molar refractivity (Wildman–Crippen MR) is 92.3 cm³/mol. The van der Waals surface area contributed by atoms with Gasteiger partial charge in [0, 0.05) is 10.6 Å². The van der Waals surface area contributed by atoms with E-state index in [1.165, 1.54) is 7.11 Å². The number of ether oxygens (including phenoxy) is 2. The summed E-state index contributed by atoms with van der Waals surface area (Å²) in [5, 5.41) is 12.8. The number of oxime groups is 1. The van der Waals surface area contributed by atoms with Gasteiger partial charge in [0.1, 0.15) is 18.4 Å². The van der Waals surface area contributed by atoms with Crippen molar-refractivity contribution in [3.05, 3.63) is 64.7 Å². The average molecular weight is 359 g/mol. The van der Waals surface area contributed by atoms with Crippen molar-refractivity contribution >= 4 is 23.3 Å². The molecule has 25 heavy (non-hydrogen) atoms. The van der Waals surface area contributed by atoms with Gasteiger partial charge in [0.15, 0.2) is 5.71 Å². The van der Waals surface area contributed by atoms with Crippen LogP contribution in [0.4, 0.5) is 0 Å². The fourth-order valence-corrected chi connectivity index (χ4v) is 2.19. The molecule has 2 aromatic carbocycles. The van der Waals surface area contributed by atoms with E-state index in [0.29, 0.717) is 21.9 Å². The molecule has 0 amide bonds. The van der Waals surface area contributed by atoms with Gasteiger partial charge in [-0.3, -0.25) is 0 Å². The van der Waals surface area contributed by atoms with E-state index < -0.39 is 5.97 Å². The first-order valence-corrected chi connectivity index (χ1v) is 7.65. The Morgan fingerprint density at radius 3 is 2.76 bits per heavy atom. The van der Waals surface area contributed by atoms with Crippen LogP contribution < -0.4 is 4.74 Å². The molecule has 2 rings (SSSR count). The molecule has 0 saturated heterocycles. The molecular formula is C18H15ClN2O4. The van der Waals surface area contributed by atoms with E-state index in [-0.39, 0.29) is 18.9 Å². The largest absolute Gasteiger partial charge is 0.489 e. The van der Waals surface area contributed by atoms with Crippen LogP contribution in [0.25, 0.3) is 0 Å². The minimum atomic E-state index is -0.673. The molecule has 0 aromatic heterocycles. The van der Waals surface area contributed by atoms with Crippen LogP contribution in [0, 0.1) is 11.3 Å². The number of hydrogen-bond acceptors (Lipinski definition) is 6. The molecule has 0 radical (unpaired) electrons. The molecule has 0 N–H and O–H groups in total. The van der Waals surface area contributed by atoms with Crippen LogP contribution in [-0.2, 0) is 21.0 Å². The number of nitriles is 1. The lowest BCUT2D eigenvalue weighted by atomic mass is 10.0. The van der Waals surface area contributed by atoms with E-state index in [1.54, 1.807) is 48.5 Å². The maximum atomic E-state index is 12.0. The van der Waals surface area contributed by atoms with E-state index in [0.717, 1.165) is 0 Å². The van der Waals surface area contributed by atoms with Crippen molar-refractivity contribution in [1.29, 1.82) is 5.26 Å². The number of carbonyl (C=O) groups excluding carboxylic acids is 1. The zero-order valence-corrected chi connectivity index (χ0v) is 14.2. The third kappa shape index (κ3) is 5.23. The van der Waals surface area contributed by atoms with E-state index >= 15 is 0 Å². The number of hydrogen-bond donors (Lipinski definition) is 0. The standard InChI is InChI=1S/C18H15ClN2O4/c1-23-18(22)17(21-25-10-9-20)16-8-3-2-5-13(16)12-24-15-7-4-6-14(19)11-15/h2-8,11H,10,12H2,1H3/b21-17+. The number of halogens is 1. The Kier molecular flexibility index (Phi) is 6.81. The predicted octanol–water partition coefficient (Wildman–Crippen LogP) is 3.34. The molecule has 0 bridgehead atoms. The van der Waals surface area contributed by atoms with Crippen molar-refractivity contribution in [2.45, 2.75) is 6.61 Å². The van der Waals surface area contributed by atoms with Crippen LogP contribution in [0.2, 0.25) is 5.02 Å². The Bertz CT molecular complexity index is 815. The Hall–Kier alpha value is -3.04. The molecule has 6 nitrogen and oxygen atoms in total. The monoisotopic (exact) mass is 358 g/mol. The van der Waals surface area contributed by atoms with Gasteiger partial charge in [0.2, 0.25) is 6.61 Å². The number of carbonyl (C=O) groups is 1. The zero-order chi connectivity index (χ0) is 18.1. The van der Waals surface area contributed by atoms with Crippen molar-refractivity contribution in [1.82, 2.24) is 0 Å². The van der Waals surface area contributed by atoms with Gasteiger partial charge < -0.3 is 14.3 Å². The minimum absolute atomic E-state index is 0.0388. The van der Waals surface area contributed by atoms with Gasteiger partial charge in [-0.15, -0.1) is 0 Å². The second-order valence-corrected chi connectivity index (χ2v) is 5.20. The third-order valence-electron chi connectivity index (χ3n) is 3.13. The van der Waals surface area contributed by atoms with Crippen LogP contribution in [0.5, 0.6) is 5.75 Å². The van der Waals surface area contributed by atoms with E-state index in [1.807, 2.05) is 6.07 Å². The second-order valence-electron chi connectivity index (χ2n) is 4.77. The quantitative estimate of drug-likeness (QED) is 0.328. The van der Waals surface area contributed by atoms with Crippen molar-refractivity contribution in [2.75, 3.05) is 13.7 Å². The summed E-state index contributed by atoms with van der Waals surface area (Å²) in [7, 11) is 1.24. The molecule has 2 aromatic rings. The molecule has 0 saturated carbocycles. The van der Waals surface area contributed by atoms with Gasteiger partial charge in [0.25, 0.3) is 0 Å². The first-order valence-electron chi connectivity index (χ1n) is 7.27. The van der Waals surface area contributed by atoms with Crippen molar-refractivity contribution in [3.8, 4) is 11.8 Å². The molecule has 0 fully saturated rings. The lowest BCUT2D eigenvalue weighted by Crippen LogP contribution is -2.20. The SMILES string of the molecule is COC(=O)/C(=N/OCC#N)c1ccccc1COc1cccc(Cl)c1. The van der Waals surface area contributed by atoms with Gasteiger partial charge in [-0.2, -0.15) is 5.26 Å². The smallest absolute Gasteiger partial charge is 0.360 e. The van der Waals surface area contributed by atoms with Crippen LogP contribution in [0.15, 0.2) is 53.7 Å². The highest BCUT2D eigenvalue weighted by Crippen LogP contribution is 2.20. The highest BCUT2D eigenvalue weighted by atomic mass is 35.5. The maximum absolute atomic E-state index is 12.0. The summed E-state index contributed by atoms with van der Waals surface area (Å²) < 4.78 is 10.5. The minimum Gasteiger partial charge on any atom is -0.489 e. The summed E-state index contributed by atoms with van der Waals surface area (Å²) in [4.78, 5) is 16.8. The van der Waals surface area contributed by atoms with Crippen molar-refractivity contribution in [2.24, 2.45) is 5.16 Å². The normalized spacial score (nSPS) is 10.7. The van der Waals surface area contributed by atoms with Gasteiger partial charge >= 0.3 is 5.97 Å². The third-order valence-corrected chi connectivity index (χ3v) is 3.36. The summed E-state index contributed by atoms with van der Waals surface area (Å²) >= 11 is 5.94. The summed E-state index contributed by atoms with van der Waals surface area (Å²) in [5.41, 5.74) is 1.16. The Balaban J connectivity index is 2.26. The molecule has 0 aliphatic rings. The van der Waals surface area contributed by atoms with Crippen molar-refractivity contribution < 1.29 is 19.1 Å². The van der Waals surface area contributed by atoms with Gasteiger partial charge in [-0.1, -0.05) is 47.1 Å². The number of benzene rings is 2. The Labute approximate surface area is 150 Å². The maximum Gasteiger partial charge on any atom is 0.360 e. The number of nitrogens with zero attached hydrogens (tertiary/aromatic N) is 2. The molecule has 0 atom stereocenters. The van der Waals surface area contributed by atoms with Crippen LogP contribution in [-0.4, -0.2) is 25.4 Å². The Morgan fingerprint density at radius 1 is 1.24 bits per heavy atom. The molecule has 0 heterocycles. The van der Waals surface area contributed by atoms with Crippen LogP contribution in [0.3, 0.4) is 0 Å². The van der Waals surface area contributed by atoms with E-state index in [9.17, 15) is 4.79 Å². The number of esters is 1. The average Bonchev–Trinajstić information content (AvgIpc) is 2.63. The number of methoxy groups -OCH3 is 1. The van der Waals surface area contributed by atoms with Gasteiger partial charge in [0.05, 0.1) is 7.11 Å². The summed E-state index contributed by atoms with van der Waals surface area (Å²) in [5.74, 6) is -0.0762. The lowest BCUT2D eigenvalue weighted by Gasteiger charge is -2.12. The summed E-state index contributed by atoms with van der Waals surface area (Å²) in [6.07, 6.45) is 0. The number of rotatable bonds is 7. The zero-order valence-electron chi connectivity index (χ0n) is 13.4. The van der Waals surface area contributed by atoms with Crippen molar-refractivity contribution in [3.63, 3.8) is 0 Å². The second kappa shape index (κ2) is 9.30. The Morgan fingerprint density at radius 2 is 2.04 bits per heavy atom. The van der Waals surface area contributed by atoms with Gasteiger partial charge in [-0.05, 0) is 23.8 Å². The molecule has 0 spiro atoms. The molecule has 0 aliphatic heterocycles. The van der Waals surface area contributed by atoms with Gasteiger partial charge in [-0.25, -0.2) is 4.79 Å². The molecular weight excluding hydrogens is 344 g/mol. The highest BCUT2D eigenvalue weighted by Gasteiger charge is 2.19. The van der Waals surface area contributed by atoms with E-state index in [4.69, 9.17) is 31.2 Å². The fraction of sp³-hybridized carbons (Fsp3) is 0.167. The summed E-state index contributed by atoms with van der Waals surface area (Å²) in [6, 6.07) is 15.8. The van der Waals surface area contributed by atoms with Crippen LogP contribution in [0.1, 0.15) is 11.1 Å².